The van der Waals surface area contributed by atoms with Crippen LogP contribution >= 0.6 is 0 Å². The number of rotatable bonds is 6. The quantitative estimate of drug-likeness (QED) is 0.236. The smallest absolute Gasteiger partial charge is 0.872 e. The van der Waals surface area contributed by atoms with Crippen LogP contribution < -0.4 is 10.2 Å². The van der Waals surface area contributed by atoms with E-state index in [-0.39, 0.29) is 38.1 Å². The summed E-state index contributed by atoms with van der Waals surface area (Å²) >= 11 is 0. The summed E-state index contributed by atoms with van der Waals surface area (Å²) < 4.78 is 64.4. The summed E-state index contributed by atoms with van der Waals surface area (Å²) in [5.41, 5.74) is 1.78. The Hall–Kier alpha value is -3.85. The number of hydrogen-bond donors (Lipinski definition) is 0. The van der Waals surface area contributed by atoms with Crippen molar-refractivity contribution in [3.63, 3.8) is 0 Å². The predicted molar refractivity (Wildman–Crippen MR) is 135 cm³/mol. The van der Waals surface area contributed by atoms with Crippen molar-refractivity contribution in [2.45, 2.75) is 9.79 Å². The van der Waals surface area contributed by atoms with Crippen molar-refractivity contribution >= 4 is 44.0 Å². The Kier molecular flexibility index (Phi) is 11.1. The second-order valence-corrected chi connectivity index (χ2v) is 10.2. The molecule has 10 nitrogen and oxygen atoms in total. The maximum atomic E-state index is 11.4. The van der Waals surface area contributed by atoms with Gasteiger partial charge in [-0.3, -0.25) is 9.98 Å². The van der Waals surface area contributed by atoms with Gasteiger partial charge < -0.3 is 19.3 Å². The van der Waals surface area contributed by atoms with E-state index in [9.17, 15) is 36.2 Å². The van der Waals surface area contributed by atoms with Gasteiger partial charge in [-0.25, -0.2) is 16.8 Å². The van der Waals surface area contributed by atoms with E-state index < -0.39 is 20.2 Å². The van der Waals surface area contributed by atoms with Crippen LogP contribution in [0.3, 0.4) is 0 Å². The minimum absolute atomic E-state index is 0. The van der Waals surface area contributed by atoms with Gasteiger partial charge in [-0.2, -0.15) is 0 Å². The molecule has 4 aromatic carbocycles. The fourth-order valence-electron chi connectivity index (χ4n) is 2.86. The molecule has 0 spiro atoms. The molecule has 1 radical (unpaired) electrons. The fourth-order valence-corrected chi connectivity index (χ4v) is 3.80. The molecule has 0 unspecified atom stereocenters. The van der Waals surface area contributed by atoms with Gasteiger partial charge in [0.1, 0.15) is 20.2 Å². The molecule has 0 aliphatic carbocycles. The summed E-state index contributed by atoms with van der Waals surface area (Å²) in [6, 6.07) is 23.1. The van der Waals surface area contributed by atoms with E-state index >= 15 is 0 Å². The molecular formula is C26H18CoN2O8S2-2. The zero-order valence-electron chi connectivity index (χ0n) is 19.7. The molecule has 0 heterocycles. The maximum Gasteiger partial charge on any atom is 2.00 e. The summed E-state index contributed by atoms with van der Waals surface area (Å²) in [6.07, 6.45) is 2.78. The Balaban J connectivity index is 0.000000267. The average Bonchev–Trinajstić information content (AvgIpc) is 2.88. The molecule has 0 aliphatic heterocycles. The third-order valence-electron chi connectivity index (χ3n) is 4.79. The van der Waals surface area contributed by atoms with E-state index in [1.165, 1.54) is 73.1 Å². The first kappa shape index (κ1) is 31.4. The Morgan fingerprint density at radius 3 is 1.10 bits per heavy atom. The number of nitrogens with zero attached hydrogens (tertiary/aromatic N) is 2. The van der Waals surface area contributed by atoms with Crippen LogP contribution in [-0.2, 0) is 37.0 Å². The van der Waals surface area contributed by atoms with E-state index in [0.717, 1.165) is 0 Å². The van der Waals surface area contributed by atoms with Crippen molar-refractivity contribution in [2.75, 3.05) is 0 Å². The van der Waals surface area contributed by atoms with Crippen LogP contribution in [0.1, 0.15) is 11.1 Å². The van der Waals surface area contributed by atoms with Gasteiger partial charge in [0, 0.05) is 12.4 Å². The Morgan fingerprint density at radius 2 is 0.821 bits per heavy atom. The van der Waals surface area contributed by atoms with Crippen LogP contribution in [0, 0.1) is 0 Å². The standard InChI is InChI=1S/2C13H11NO4S.Co/c2*15-13-4-2-1-3-10(13)9-14-11-5-7-12(8-6-11)19(16,17)18;/h2*1-9,15H,(H,16,17,18);/q;;+2/p-4. The molecule has 203 valence electrons. The normalized spacial score (nSPS) is 11.5. The summed E-state index contributed by atoms with van der Waals surface area (Å²) in [5.74, 6) is -0.296. The third kappa shape index (κ3) is 9.75. The van der Waals surface area contributed by atoms with Gasteiger partial charge in [0.2, 0.25) is 0 Å². The molecule has 4 aromatic rings. The third-order valence-corrected chi connectivity index (χ3v) is 6.49. The molecule has 13 heteroatoms. The number of aliphatic imine (C=N–C) groups is 2. The zero-order chi connectivity index (χ0) is 27.8. The molecule has 0 N–H and O–H groups in total. The fraction of sp³-hybridized carbons (Fsp3) is 0. The Morgan fingerprint density at radius 1 is 0.513 bits per heavy atom. The van der Waals surface area contributed by atoms with Gasteiger partial charge in [0.05, 0.1) is 21.2 Å². The van der Waals surface area contributed by atoms with E-state index in [0.29, 0.717) is 22.5 Å². The second kappa shape index (κ2) is 13.8. The molecule has 39 heavy (non-hydrogen) atoms. The van der Waals surface area contributed by atoms with Crippen LogP contribution in [-0.4, -0.2) is 38.4 Å². The van der Waals surface area contributed by atoms with Gasteiger partial charge in [0.15, 0.2) is 0 Å². The monoisotopic (exact) mass is 609 g/mol. The van der Waals surface area contributed by atoms with Crippen molar-refractivity contribution in [3.05, 3.63) is 108 Å². The van der Waals surface area contributed by atoms with Gasteiger partial charge >= 0.3 is 16.8 Å². The molecule has 0 atom stereocenters. The van der Waals surface area contributed by atoms with E-state index in [1.54, 1.807) is 36.4 Å². The van der Waals surface area contributed by atoms with Crippen molar-refractivity contribution in [1.82, 2.24) is 0 Å². The average molecular weight is 610 g/mol. The topological polar surface area (TPSA) is 185 Å². The summed E-state index contributed by atoms with van der Waals surface area (Å²) in [6.45, 7) is 0. The van der Waals surface area contributed by atoms with Crippen molar-refractivity contribution in [1.29, 1.82) is 0 Å². The van der Waals surface area contributed by atoms with Crippen LogP contribution in [0.15, 0.2) is 117 Å². The van der Waals surface area contributed by atoms with Crippen molar-refractivity contribution in [2.24, 2.45) is 9.98 Å². The first-order valence-corrected chi connectivity index (χ1v) is 13.5. The van der Waals surface area contributed by atoms with Crippen molar-refractivity contribution in [3.8, 4) is 11.5 Å². The minimum atomic E-state index is -4.45. The first-order valence-electron chi connectivity index (χ1n) is 10.7. The number of para-hydroxylation sites is 2. The molecule has 0 saturated carbocycles. The molecule has 0 saturated heterocycles. The van der Waals surface area contributed by atoms with Gasteiger partial charge in [0.25, 0.3) is 0 Å². The van der Waals surface area contributed by atoms with Crippen LogP contribution in [0.2, 0.25) is 0 Å². The molecular weight excluding hydrogens is 591 g/mol. The van der Waals surface area contributed by atoms with Crippen LogP contribution in [0.4, 0.5) is 11.4 Å². The van der Waals surface area contributed by atoms with Gasteiger partial charge in [-0.05, 0) is 59.7 Å². The van der Waals surface area contributed by atoms with E-state index in [2.05, 4.69) is 9.98 Å². The van der Waals surface area contributed by atoms with E-state index in [1.807, 2.05) is 0 Å². The number of benzene rings is 4. The predicted octanol–water partition coefficient (Wildman–Crippen LogP) is 2.83. The van der Waals surface area contributed by atoms with Crippen molar-refractivity contribution < 1.29 is 52.9 Å². The minimum Gasteiger partial charge on any atom is -0.872 e. The largest absolute Gasteiger partial charge is 2.00 e. The van der Waals surface area contributed by atoms with E-state index in [4.69, 9.17) is 0 Å². The van der Waals surface area contributed by atoms with Crippen LogP contribution in [0.25, 0.3) is 0 Å². The van der Waals surface area contributed by atoms with Crippen LogP contribution in [0.5, 0.6) is 11.5 Å². The summed E-state index contributed by atoms with van der Waals surface area (Å²) in [7, 11) is -8.89. The molecule has 0 fully saturated rings. The van der Waals surface area contributed by atoms with Gasteiger partial charge in [-0.1, -0.05) is 48.5 Å². The maximum absolute atomic E-state index is 11.4. The summed E-state index contributed by atoms with van der Waals surface area (Å²) in [5, 5.41) is 22.8. The number of hydrogen-bond acceptors (Lipinski definition) is 10. The zero-order valence-corrected chi connectivity index (χ0v) is 22.4. The van der Waals surface area contributed by atoms with Gasteiger partial charge in [-0.15, -0.1) is 11.5 Å². The SMILES string of the molecule is O=S(=O)([O-])c1ccc(N=Cc2ccccc2[O-])cc1.O=S(=O)([O-])c1ccc(N=Cc2ccccc2[O-])cc1.[Co+2]. The summed E-state index contributed by atoms with van der Waals surface area (Å²) in [4.78, 5) is 7.46. The Bertz CT molecular complexity index is 1550. The Labute approximate surface area is 235 Å². The molecule has 0 aliphatic rings. The molecule has 0 aromatic heterocycles. The first-order chi connectivity index (χ1) is 17.9. The molecule has 4 rings (SSSR count). The molecule has 0 amide bonds. The molecule has 0 bridgehead atoms. The second-order valence-electron chi connectivity index (χ2n) is 7.49.